The number of nitrogens with two attached hydrogens (primary N) is 1. The van der Waals surface area contributed by atoms with E-state index >= 15 is 0 Å². The lowest BCUT2D eigenvalue weighted by atomic mass is 10.1. The van der Waals surface area contributed by atoms with Gasteiger partial charge in [0.05, 0.1) is 6.04 Å². The Bertz CT molecular complexity index is 515. The zero-order valence-corrected chi connectivity index (χ0v) is 11.5. The summed E-state index contributed by atoms with van der Waals surface area (Å²) in [5, 5.41) is 1.14. The number of hydrogen-bond acceptors (Lipinski definition) is 3. The van der Waals surface area contributed by atoms with E-state index in [2.05, 4.69) is 24.0 Å². The standard InChI is InChI=1S/C16H22N2O/c1-2-13-7-5-9-18(13)11-14(17)16-10-12-6-3-4-8-15(12)19-16/h3-4,6,8,10,13-14H,2,5,7,9,11,17H2,1H3. The summed E-state index contributed by atoms with van der Waals surface area (Å²) in [6, 6.07) is 10.8. The van der Waals surface area contributed by atoms with Gasteiger partial charge in [0.1, 0.15) is 11.3 Å². The van der Waals surface area contributed by atoms with Crippen LogP contribution in [-0.2, 0) is 0 Å². The van der Waals surface area contributed by atoms with Crippen LogP contribution in [0.15, 0.2) is 34.7 Å². The van der Waals surface area contributed by atoms with Gasteiger partial charge in [-0.15, -0.1) is 0 Å². The Kier molecular flexibility index (Phi) is 3.58. The van der Waals surface area contributed by atoms with Gasteiger partial charge >= 0.3 is 0 Å². The molecule has 1 saturated heterocycles. The summed E-state index contributed by atoms with van der Waals surface area (Å²) in [4.78, 5) is 2.51. The van der Waals surface area contributed by atoms with Gasteiger partial charge in [0.25, 0.3) is 0 Å². The molecule has 1 aliphatic heterocycles. The molecule has 2 heterocycles. The second-order valence-electron chi connectivity index (χ2n) is 5.49. The summed E-state index contributed by atoms with van der Waals surface area (Å²) in [6.45, 7) is 4.33. The van der Waals surface area contributed by atoms with E-state index in [1.165, 1.54) is 25.8 Å². The predicted molar refractivity (Wildman–Crippen MR) is 78.0 cm³/mol. The van der Waals surface area contributed by atoms with Crippen LogP contribution in [0.3, 0.4) is 0 Å². The zero-order valence-electron chi connectivity index (χ0n) is 11.5. The smallest absolute Gasteiger partial charge is 0.134 e. The quantitative estimate of drug-likeness (QED) is 0.915. The van der Waals surface area contributed by atoms with Gasteiger partial charge in [-0.1, -0.05) is 25.1 Å². The van der Waals surface area contributed by atoms with Gasteiger partial charge in [-0.2, -0.15) is 0 Å². The van der Waals surface area contributed by atoms with Crippen molar-refractivity contribution in [1.29, 1.82) is 0 Å². The third-order valence-corrected chi connectivity index (χ3v) is 4.21. The van der Waals surface area contributed by atoms with Crippen LogP contribution in [0.2, 0.25) is 0 Å². The van der Waals surface area contributed by atoms with Gasteiger partial charge in [-0.25, -0.2) is 0 Å². The molecule has 2 atom stereocenters. The molecule has 1 aliphatic rings. The topological polar surface area (TPSA) is 42.4 Å². The Morgan fingerprint density at radius 1 is 1.42 bits per heavy atom. The van der Waals surface area contributed by atoms with Crippen molar-refractivity contribution in [2.24, 2.45) is 5.73 Å². The summed E-state index contributed by atoms with van der Waals surface area (Å²) in [6.07, 6.45) is 3.82. The lowest BCUT2D eigenvalue weighted by molar-refractivity contribution is 0.226. The van der Waals surface area contributed by atoms with Gasteiger partial charge in [0, 0.05) is 18.0 Å². The number of rotatable bonds is 4. The second kappa shape index (κ2) is 5.35. The van der Waals surface area contributed by atoms with Crippen LogP contribution >= 0.6 is 0 Å². The predicted octanol–water partition coefficient (Wildman–Crippen LogP) is 3.31. The first kappa shape index (κ1) is 12.7. The fourth-order valence-electron chi connectivity index (χ4n) is 3.13. The van der Waals surface area contributed by atoms with E-state index in [1.54, 1.807) is 0 Å². The zero-order chi connectivity index (χ0) is 13.2. The molecule has 0 aliphatic carbocycles. The Balaban J connectivity index is 1.74. The molecule has 0 spiro atoms. The van der Waals surface area contributed by atoms with E-state index in [0.29, 0.717) is 6.04 Å². The van der Waals surface area contributed by atoms with Crippen LogP contribution in [0.4, 0.5) is 0 Å². The number of nitrogens with zero attached hydrogens (tertiary/aromatic N) is 1. The molecule has 19 heavy (non-hydrogen) atoms. The minimum atomic E-state index is -0.0282. The van der Waals surface area contributed by atoms with Crippen LogP contribution in [0.25, 0.3) is 11.0 Å². The lowest BCUT2D eigenvalue weighted by Gasteiger charge is -2.25. The molecule has 102 valence electrons. The molecule has 3 nitrogen and oxygen atoms in total. The van der Waals surface area contributed by atoms with E-state index in [9.17, 15) is 0 Å². The van der Waals surface area contributed by atoms with Gasteiger partial charge in [-0.3, -0.25) is 4.90 Å². The summed E-state index contributed by atoms with van der Waals surface area (Å²) in [7, 11) is 0. The van der Waals surface area contributed by atoms with Crippen molar-refractivity contribution < 1.29 is 4.42 Å². The third-order valence-electron chi connectivity index (χ3n) is 4.21. The summed E-state index contributed by atoms with van der Waals surface area (Å²) >= 11 is 0. The fourth-order valence-corrected chi connectivity index (χ4v) is 3.13. The lowest BCUT2D eigenvalue weighted by Crippen LogP contribution is -2.35. The summed E-state index contributed by atoms with van der Waals surface area (Å²) in [5.74, 6) is 0.906. The molecular formula is C16H22N2O. The van der Waals surface area contributed by atoms with E-state index < -0.39 is 0 Å². The van der Waals surface area contributed by atoms with Gasteiger partial charge < -0.3 is 10.2 Å². The normalized spacial score (nSPS) is 22.1. The molecule has 0 bridgehead atoms. The first-order valence-electron chi connectivity index (χ1n) is 7.26. The van der Waals surface area contributed by atoms with Crippen molar-refractivity contribution in [3.63, 3.8) is 0 Å². The van der Waals surface area contributed by atoms with Gasteiger partial charge in [0.15, 0.2) is 0 Å². The first-order valence-corrected chi connectivity index (χ1v) is 7.26. The number of hydrogen-bond donors (Lipinski definition) is 1. The highest BCUT2D eigenvalue weighted by Gasteiger charge is 2.25. The minimum Gasteiger partial charge on any atom is -0.459 e. The van der Waals surface area contributed by atoms with Crippen molar-refractivity contribution in [2.75, 3.05) is 13.1 Å². The maximum Gasteiger partial charge on any atom is 0.134 e. The molecule has 3 rings (SSSR count). The minimum absolute atomic E-state index is 0.0282. The van der Waals surface area contributed by atoms with Crippen molar-refractivity contribution in [3.8, 4) is 0 Å². The number of likely N-dealkylation sites (tertiary alicyclic amines) is 1. The molecule has 2 N–H and O–H groups in total. The van der Waals surface area contributed by atoms with Crippen LogP contribution in [0, 0.1) is 0 Å². The van der Waals surface area contributed by atoms with Crippen LogP contribution in [0.1, 0.15) is 38.0 Å². The SMILES string of the molecule is CCC1CCCN1CC(N)c1cc2ccccc2o1. The second-order valence-corrected chi connectivity index (χ2v) is 5.49. The van der Waals surface area contributed by atoms with Gasteiger partial charge in [-0.05, 0) is 37.9 Å². The maximum absolute atomic E-state index is 6.32. The molecule has 0 saturated carbocycles. The Morgan fingerprint density at radius 2 is 2.26 bits per heavy atom. The van der Waals surface area contributed by atoms with E-state index in [-0.39, 0.29) is 6.04 Å². The Morgan fingerprint density at radius 3 is 3.05 bits per heavy atom. The summed E-state index contributed by atoms with van der Waals surface area (Å²) in [5.41, 5.74) is 7.25. The van der Waals surface area contributed by atoms with Crippen molar-refractivity contribution >= 4 is 11.0 Å². The number of fused-ring (bicyclic) bond motifs is 1. The molecule has 1 aromatic carbocycles. The highest BCUT2D eigenvalue weighted by atomic mass is 16.3. The van der Waals surface area contributed by atoms with Crippen LogP contribution in [0.5, 0.6) is 0 Å². The highest BCUT2D eigenvalue weighted by Crippen LogP contribution is 2.26. The van der Waals surface area contributed by atoms with E-state index in [1.807, 2.05) is 18.2 Å². The van der Waals surface area contributed by atoms with E-state index in [4.69, 9.17) is 10.2 Å². The summed E-state index contributed by atoms with van der Waals surface area (Å²) < 4.78 is 5.86. The first-order chi connectivity index (χ1) is 9.28. The molecule has 0 radical (unpaired) electrons. The van der Waals surface area contributed by atoms with Crippen LogP contribution < -0.4 is 5.73 Å². The van der Waals surface area contributed by atoms with Crippen molar-refractivity contribution in [2.45, 2.75) is 38.3 Å². The number of benzene rings is 1. The van der Waals surface area contributed by atoms with Crippen molar-refractivity contribution in [1.82, 2.24) is 4.90 Å². The molecule has 2 unspecified atom stereocenters. The highest BCUT2D eigenvalue weighted by molar-refractivity contribution is 5.77. The van der Waals surface area contributed by atoms with Crippen LogP contribution in [-0.4, -0.2) is 24.0 Å². The Hall–Kier alpha value is -1.32. The molecular weight excluding hydrogens is 236 g/mol. The monoisotopic (exact) mass is 258 g/mol. The molecule has 3 heteroatoms. The average molecular weight is 258 g/mol. The Labute approximate surface area is 114 Å². The number of furan rings is 1. The fraction of sp³-hybridized carbons (Fsp3) is 0.500. The molecule has 1 fully saturated rings. The molecule has 2 aromatic rings. The third kappa shape index (κ3) is 2.53. The van der Waals surface area contributed by atoms with Gasteiger partial charge in [0.2, 0.25) is 0 Å². The largest absolute Gasteiger partial charge is 0.459 e. The number of para-hydroxylation sites is 1. The molecule has 0 amide bonds. The van der Waals surface area contributed by atoms with Crippen molar-refractivity contribution in [3.05, 3.63) is 36.1 Å². The average Bonchev–Trinajstić information content (AvgIpc) is 3.03. The maximum atomic E-state index is 6.32. The molecule has 1 aromatic heterocycles. The van der Waals surface area contributed by atoms with E-state index in [0.717, 1.165) is 23.3 Å².